The Morgan fingerprint density at radius 1 is 0.549 bits per heavy atom. The van der Waals surface area contributed by atoms with Crippen molar-refractivity contribution >= 4 is 23.5 Å². The van der Waals surface area contributed by atoms with Crippen LogP contribution in [0.4, 0.5) is 0 Å². The van der Waals surface area contributed by atoms with Crippen molar-refractivity contribution in [1.29, 1.82) is 0 Å². The van der Waals surface area contributed by atoms with Crippen LogP contribution in [0.1, 0.15) is 6.92 Å². The van der Waals surface area contributed by atoms with Gasteiger partial charge in [-0.3, -0.25) is 0 Å². The van der Waals surface area contributed by atoms with Crippen LogP contribution in [0.5, 0.6) is 0 Å². The number of aliphatic hydroxyl groups excluding tert-OH is 18. The molecule has 5 aliphatic heterocycles. The summed E-state index contributed by atoms with van der Waals surface area (Å²) in [6, 6.07) is -2.24. The summed E-state index contributed by atoms with van der Waals surface area (Å²) in [4.78, 5) is 0. The quantitative estimate of drug-likeness (QED) is 0.0375. The molecule has 71 heavy (non-hydrogen) atoms. The predicted octanol–water partition coefficient (Wildman–Crippen LogP) is -10.8. The molecule has 11 unspecified atom stereocenters. The first-order valence-corrected chi connectivity index (χ1v) is 25.4. The number of hydrogen-bond donors (Lipinski definition) is 19. The van der Waals surface area contributed by atoms with Gasteiger partial charge in [0.25, 0.3) is 0 Å². The van der Waals surface area contributed by atoms with Gasteiger partial charge in [-0.1, -0.05) is 6.08 Å². The number of rotatable bonds is 21. The number of aliphatic hydroxyl groups is 18. The van der Waals surface area contributed by atoms with Gasteiger partial charge in [0.1, 0.15) is 128 Å². The number of ether oxygens (including phenoxy) is 9. The molecular formula is C41H71NO27S2. The second kappa shape index (κ2) is 27.1. The number of hydrogen-bond acceptors (Lipinski definition) is 30. The summed E-state index contributed by atoms with van der Waals surface area (Å²) in [6.07, 6.45) is -37.6. The molecule has 1 aliphatic carbocycles. The van der Waals surface area contributed by atoms with E-state index in [1.54, 1.807) is 0 Å². The van der Waals surface area contributed by atoms with Gasteiger partial charge in [0, 0.05) is 17.3 Å². The van der Waals surface area contributed by atoms with E-state index in [1.807, 2.05) is 0 Å². The van der Waals surface area contributed by atoms with E-state index in [0.29, 0.717) is 5.75 Å². The standard InChI is InChI=1S/C41H71NO27S2/c1-13-21(42-15-6-14(7-43)22(48)27(53)23(15)49)26(52)31(57)38(63-13)68-36-18(9-45)64-40(33(59)29(36)55)69-37-19(10-46)66-41(34(60)30(37)56)71-5-3-61-2-4-70-12-20-25(51)28(54)32(58)39(65-20)67-35-17(8-44)62-11-16(47)24(35)50/h6,13,15-60H,2-5,7-12H2,1H3/t13?,15-,16?,17?,18?,19?,20?,21+,22+,23+,24+,25+,26-,27?,28-,29+,30+,31?,32?,33?,34?,35+,36+,37+,38+,39+,40+,41-/m0/s1. The van der Waals surface area contributed by atoms with E-state index in [9.17, 15) is 91.9 Å². The Morgan fingerprint density at radius 3 is 1.70 bits per heavy atom. The Balaban J connectivity index is 0.926. The topological polar surface area (TPSA) is 459 Å². The maximum atomic E-state index is 11.2. The zero-order chi connectivity index (χ0) is 52.0. The van der Waals surface area contributed by atoms with E-state index in [0.717, 1.165) is 11.8 Å². The van der Waals surface area contributed by atoms with Gasteiger partial charge in [0.15, 0.2) is 18.9 Å². The molecule has 0 aromatic rings. The van der Waals surface area contributed by atoms with Gasteiger partial charge in [-0.2, -0.15) is 11.8 Å². The Bertz CT molecular complexity index is 1630. The van der Waals surface area contributed by atoms with Crippen LogP contribution in [0.25, 0.3) is 0 Å². The van der Waals surface area contributed by atoms with E-state index >= 15 is 0 Å². The lowest BCUT2D eigenvalue weighted by molar-refractivity contribution is -0.366. The molecule has 19 N–H and O–H groups in total. The summed E-state index contributed by atoms with van der Waals surface area (Å²) in [5.41, 5.74) is -1.11. The van der Waals surface area contributed by atoms with Gasteiger partial charge in [-0.05, 0) is 12.5 Å². The van der Waals surface area contributed by atoms with Crippen LogP contribution >= 0.6 is 23.5 Å². The first-order chi connectivity index (χ1) is 33.8. The first-order valence-electron chi connectivity index (χ1n) is 23.2. The Morgan fingerprint density at radius 2 is 1.08 bits per heavy atom. The molecule has 6 rings (SSSR count). The van der Waals surface area contributed by atoms with Crippen molar-refractivity contribution in [3.05, 3.63) is 11.6 Å². The molecule has 0 spiro atoms. The minimum atomic E-state index is -1.98. The maximum Gasteiger partial charge on any atom is 0.187 e. The van der Waals surface area contributed by atoms with Crippen LogP contribution in [0, 0.1) is 0 Å². The molecule has 28 nitrogen and oxygen atoms in total. The van der Waals surface area contributed by atoms with Crippen molar-refractivity contribution in [3.8, 4) is 0 Å². The number of thioether (sulfide) groups is 2. The second-order valence-electron chi connectivity index (χ2n) is 18.1. The summed E-state index contributed by atoms with van der Waals surface area (Å²) in [5.74, 6) is 0.695. The zero-order valence-corrected chi connectivity index (χ0v) is 40.0. The van der Waals surface area contributed by atoms with E-state index in [1.165, 1.54) is 24.8 Å². The van der Waals surface area contributed by atoms with Crippen LogP contribution in [0.15, 0.2) is 11.6 Å². The van der Waals surface area contributed by atoms with Crippen LogP contribution in [-0.2, 0) is 42.6 Å². The fourth-order valence-electron chi connectivity index (χ4n) is 9.08. The average molecular weight is 1070 g/mol. The molecule has 0 bridgehead atoms. The van der Waals surface area contributed by atoms with E-state index < -0.39 is 197 Å². The Labute approximate surface area is 415 Å². The molecule has 0 aromatic carbocycles. The average Bonchev–Trinajstić information content (AvgIpc) is 3.36. The molecule has 414 valence electrons. The largest absolute Gasteiger partial charge is 0.394 e. The molecular weight excluding hydrogens is 1000 g/mol. The third-order valence-corrected chi connectivity index (χ3v) is 15.5. The van der Waals surface area contributed by atoms with Crippen LogP contribution in [0.2, 0.25) is 0 Å². The Kier molecular flexibility index (Phi) is 22.7. The Hall–Kier alpha value is -0.680. The molecule has 30 heteroatoms. The highest BCUT2D eigenvalue weighted by Crippen LogP contribution is 2.35. The van der Waals surface area contributed by atoms with Gasteiger partial charge >= 0.3 is 0 Å². The van der Waals surface area contributed by atoms with Crippen LogP contribution in [0.3, 0.4) is 0 Å². The molecule has 6 aliphatic rings. The van der Waals surface area contributed by atoms with Crippen molar-refractivity contribution in [2.24, 2.45) is 0 Å². The molecule has 5 saturated heterocycles. The normalized spacial score (nSPS) is 48.9. The molecule has 0 saturated carbocycles. The van der Waals surface area contributed by atoms with Gasteiger partial charge in [-0.15, -0.1) is 11.8 Å². The molecule has 0 radical (unpaired) electrons. The summed E-state index contributed by atoms with van der Waals surface area (Å²) in [6.45, 7) is -1.32. The van der Waals surface area contributed by atoms with Gasteiger partial charge < -0.3 is 140 Å². The third-order valence-electron chi connectivity index (χ3n) is 13.3. The molecule has 28 atom stereocenters. The van der Waals surface area contributed by atoms with Crippen LogP contribution < -0.4 is 5.32 Å². The fraction of sp³-hybridized carbons (Fsp3) is 0.951. The van der Waals surface area contributed by atoms with E-state index in [2.05, 4.69) is 5.32 Å². The van der Waals surface area contributed by atoms with Crippen LogP contribution in [-0.4, -0.2) is 326 Å². The van der Waals surface area contributed by atoms with Gasteiger partial charge in [0.05, 0.1) is 70.5 Å². The van der Waals surface area contributed by atoms with Crippen molar-refractivity contribution in [2.75, 3.05) is 63.5 Å². The minimum Gasteiger partial charge on any atom is -0.394 e. The first kappa shape index (κ1) is 59.6. The summed E-state index contributed by atoms with van der Waals surface area (Å²) in [5, 5.41) is 192. The lowest BCUT2D eigenvalue weighted by Gasteiger charge is -2.49. The smallest absolute Gasteiger partial charge is 0.187 e. The highest BCUT2D eigenvalue weighted by Gasteiger charge is 2.54. The predicted molar refractivity (Wildman–Crippen MR) is 237 cm³/mol. The van der Waals surface area contributed by atoms with Crippen molar-refractivity contribution < 1.29 is 135 Å². The fourth-order valence-corrected chi connectivity index (χ4v) is 11.0. The lowest BCUT2D eigenvalue weighted by atomic mass is 9.86. The van der Waals surface area contributed by atoms with Crippen molar-refractivity contribution in [1.82, 2.24) is 5.32 Å². The second-order valence-corrected chi connectivity index (χ2v) is 20.5. The monoisotopic (exact) mass is 1070 g/mol. The molecule has 0 amide bonds. The van der Waals surface area contributed by atoms with Gasteiger partial charge in [0.2, 0.25) is 0 Å². The minimum absolute atomic E-state index is 0.00325. The highest BCUT2D eigenvalue weighted by molar-refractivity contribution is 7.99. The molecule has 0 aromatic heterocycles. The summed E-state index contributed by atoms with van der Waals surface area (Å²) < 4.78 is 51.1. The molecule has 5 heterocycles. The maximum absolute atomic E-state index is 11.2. The summed E-state index contributed by atoms with van der Waals surface area (Å²) in [7, 11) is 0. The number of nitrogens with one attached hydrogen (secondary N) is 1. The van der Waals surface area contributed by atoms with E-state index in [-0.39, 0.29) is 36.9 Å². The molecule has 5 fully saturated rings. The third kappa shape index (κ3) is 13.7. The van der Waals surface area contributed by atoms with Gasteiger partial charge in [-0.25, -0.2) is 0 Å². The van der Waals surface area contributed by atoms with E-state index in [4.69, 9.17) is 42.6 Å². The zero-order valence-electron chi connectivity index (χ0n) is 38.4. The SMILES string of the molecule is CC1O[C@H](O[C@@H]2C(CO)O[C@H](O[C@@H]3C(CO)O[C@@H](SCCOCCSCC4O[C@H](O[C@@H]5C(CO)OCC(O)[C@H]5O)C(O)[C@@H](O)[C@@H]4O)C(O)[C@H]3O)C(O)[C@H]2O)C(O)[C@@H](O)[C@@H]1N[C@H]1C=C(CO)[C@@H](O)C(O)[C@@H]1O. The van der Waals surface area contributed by atoms with Crippen molar-refractivity contribution in [2.45, 2.75) is 178 Å². The summed E-state index contributed by atoms with van der Waals surface area (Å²) >= 11 is 2.30. The highest BCUT2D eigenvalue weighted by atomic mass is 32.2. The van der Waals surface area contributed by atoms with Crippen molar-refractivity contribution in [3.63, 3.8) is 0 Å². The lowest BCUT2D eigenvalue weighted by Crippen LogP contribution is -2.68.